The zero-order chi connectivity index (χ0) is 27.0. The van der Waals surface area contributed by atoms with Gasteiger partial charge in [0.25, 0.3) is 0 Å². The van der Waals surface area contributed by atoms with E-state index in [1.54, 1.807) is 4.90 Å². The average Bonchev–Trinajstić information content (AvgIpc) is 3.73. The number of aliphatic carboxylic acids is 1. The number of carboxylic acids is 1. The third kappa shape index (κ3) is 6.14. The fourth-order valence-corrected chi connectivity index (χ4v) is 6.90. The first-order valence-electron chi connectivity index (χ1n) is 14.0. The van der Waals surface area contributed by atoms with Gasteiger partial charge in [-0.25, -0.2) is 0 Å². The van der Waals surface area contributed by atoms with Crippen molar-refractivity contribution < 1.29 is 43.4 Å². The molecule has 4 unspecified atom stereocenters. The molecular formula is C27H44N4O8. The molecule has 0 aliphatic carbocycles. The fourth-order valence-electron chi connectivity index (χ4n) is 6.90. The van der Waals surface area contributed by atoms with E-state index < -0.39 is 17.8 Å². The van der Waals surface area contributed by atoms with Crippen molar-refractivity contribution in [1.29, 1.82) is 0 Å². The molecule has 0 spiro atoms. The van der Waals surface area contributed by atoms with Crippen molar-refractivity contribution in [3.05, 3.63) is 0 Å². The Morgan fingerprint density at radius 3 is 1.82 bits per heavy atom. The van der Waals surface area contributed by atoms with Crippen molar-refractivity contribution in [3.8, 4) is 0 Å². The van der Waals surface area contributed by atoms with Crippen LogP contribution in [-0.2, 0) is 33.4 Å². The monoisotopic (exact) mass is 552 g/mol. The van der Waals surface area contributed by atoms with Gasteiger partial charge in [-0.3, -0.25) is 14.4 Å². The van der Waals surface area contributed by atoms with E-state index in [-0.39, 0.29) is 61.5 Å². The fraction of sp³-hybridized carbons (Fsp3) is 0.852. The number of rotatable bonds is 2. The second-order valence-electron chi connectivity index (χ2n) is 11.6. The van der Waals surface area contributed by atoms with Gasteiger partial charge in [0.15, 0.2) is 0 Å². The standard InChI is InChI=1S/C13H20N2O4.C8H8O4.C5H12N2.CH4/c1-14-4-6-15(7-5-14)12(16)10-8-2-3-9(19-8)11(10)13(17)18;9-7-5-3-1-2-4(11-3)6(5)8(10)12-7;1-7-4-2-6-3-5-7;/h8-11H,2-7H2,1H3,(H,17,18);3-6H,1-2H2;6H,2-5H2,1H3;1H4/t8-,9+,10?,11?;3-,4+,5?,6?;;/m0.../s1. The summed E-state index contributed by atoms with van der Waals surface area (Å²) in [6.45, 7) is 8.00. The van der Waals surface area contributed by atoms with Crippen LogP contribution in [0.1, 0.15) is 33.1 Å². The lowest BCUT2D eigenvalue weighted by Gasteiger charge is -2.35. The minimum absolute atomic E-state index is 0. The van der Waals surface area contributed by atoms with Crippen LogP contribution in [0, 0.1) is 23.7 Å². The predicted molar refractivity (Wildman–Crippen MR) is 136 cm³/mol. The largest absolute Gasteiger partial charge is 0.550 e. The number of ether oxygens (including phenoxy) is 3. The molecule has 7 heterocycles. The number of fused-ring (bicyclic) bond motifs is 7. The molecule has 7 saturated heterocycles. The van der Waals surface area contributed by atoms with E-state index in [9.17, 15) is 24.3 Å². The van der Waals surface area contributed by atoms with E-state index in [4.69, 9.17) is 9.47 Å². The molecule has 0 aromatic heterocycles. The highest BCUT2D eigenvalue weighted by Gasteiger charge is 2.61. The van der Waals surface area contributed by atoms with Crippen LogP contribution in [0.2, 0.25) is 0 Å². The Hall–Kier alpha value is -2.12. The molecule has 8 atom stereocenters. The summed E-state index contributed by atoms with van der Waals surface area (Å²) in [5, 5.41) is 14.5. The Morgan fingerprint density at radius 1 is 0.846 bits per heavy atom. The molecule has 12 heteroatoms. The number of esters is 2. The molecule has 0 aromatic carbocycles. The van der Waals surface area contributed by atoms with Crippen molar-refractivity contribution in [2.24, 2.45) is 23.7 Å². The SMILES string of the molecule is C.CN1CCNCC1.C[NH+]1CCN(C(=O)C2C(C(=O)[O-])[C@H]3CC[C@@H]2O3)CC1.O=C1OC(=O)C2C1[C@@H]1CC[C@H]2O1. The Kier molecular flexibility index (Phi) is 9.64. The highest BCUT2D eigenvalue weighted by Crippen LogP contribution is 2.47. The maximum atomic E-state index is 12.6. The van der Waals surface area contributed by atoms with E-state index in [1.807, 2.05) is 0 Å². The van der Waals surface area contributed by atoms with Crippen LogP contribution >= 0.6 is 0 Å². The first kappa shape index (κ1) is 29.9. The van der Waals surface area contributed by atoms with Crippen molar-refractivity contribution in [3.63, 3.8) is 0 Å². The molecule has 4 bridgehead atoms. The van der Waals surface area contributed by atoms with E-state index in [1.165, 1.54) is 18.0 Å². The summed E-state index contributed by atoms with van der Waals surface area (Å²) < 4.78 is 15.6. The Bertz CT molecular complexity index is 893. The molecule has 7 aliphatic rings. The third-order valence-corrected chi connectivity index (χ3v) is 9.12. The van der Waals surface area contributed by atoms with Gasteiger partial charge in [-0.05, 0) is 32.7 Å². The van der Waals surface area contributed by atoms with Gasteiger partial charge in [-0.1, -0.05) is 7.43 Å². The van der Waals surface area contributed by atoms with Gasteiger partial charge in [-0.2, -0.15) is 0 Å². The lowest BCUT2D eigenvalue weighted by Crippen LogP contribution is -3.12. The number of carboxylic acid groups (broad SMARTS) is 1. The van der Waals surface area contributed by atoms with Crippen LogP contribution in [0.15, 0.2) is 0 Å². The normalized spacial score (nSPS) is 38.7. The summed E-state index contributed by atoms with van der Waals surface area (Å²) in [5.74, 6) is -3.78. The smallest absolute Gasteiger partial charge is 0.320 e. The number of quaternary nitrogens is 1. The van der Waals surface area contributed by atoms with Crippen LogP contribution in [0.4, 0.5) is 0 Å². The second-order valence-corrected chi connectivity index (χ2v) is 11.6. The van der Waals surface area contributed by atoms with Gasteiger partial charge < -0.3 is 44.1 Å². The van der Waals surface area contributed by atoms with Crippen LogP contribution in [0.5, 0.6) is 0 Å². The van der Waals surface area contributed by atoms with Crippen LogP contribution < -0.4 is 15.3 Å². The molecule has 0 aromatic rings. The van der Waals surface area contributed by atoms with Crippen LogP contribution in [0.3, 0.4) is 0 Å². The zero-order valence-electron chi connectivity index (χ0n) is 22.3. The number of cyclic esters (lactones) is 2. The summed E-state index contributed by atoms with van der Waals surface area (Å²) in [7, 11) is 4.26. The molecule has 39 heavy (non-hydrogen) atoms. The maximum absolute atomic E-state index is 12.6. The first-order valence-corrected chi connectivity index (χ1v) is 14.0. The molecule has 12 nitrogen and oxygen atoms in total. The van der Waals surface area contributed by atoms with E-state index in [0.717, 1.165) is 51.9 Å². The molecule has 7 rings (SSSR count). The highest BCUT2D eigenvalue weighted by atomic mass is 16.6. The molecule has 7 aliphatic heterocycles. The van der Waals surface area contributed by atoms with Gasteiger partial charge in [0.05, 0.1) is 75.4 Å². The van der Waals surface area contributed by atoms with Crippen molar-refractivity contribution in [1.82, 2.24) is 15.1 Å². The van der Waals surface area contributed by atoms with Crippen molar-refractivity contribution in [2.45, 2.75) is 57.5 Å². The molecule has 7 fully saturated rings. The lowest BCUT2D eigenvalue weighted by molar-refractivity contribution is -0.883. The number of likely N-dealkylation sites (N-methyl/N-ethyl adjacent to an activating group) is 2. The maximum Gasteiger partial charge on any atom is 0.320 e. The number of amides is 1. The Balaban J connectivity index is 0.000000150. The summed E-state index contributed by atoms with van der Waals surface area (Å²) in [6, 6.07) is 0. The van der Waals surface area contributed by atoms with Gasteiger partial charge in [0, 0.05) is 38.1 Å². The number of hydrogen-bond acceptors (Lipinski definition) is 10. The summed E-state index contributed by atoms with van der Waals surface area (Å²) >= 11 is 0. The molecule has 0 radical (unpaired) electrons. The highest BCUT2D eigenvalue weighted by molar-refractivity contribution is 5.97. The Labute approximate surface area is 230 Å². The van der Waals surface area contributed by atoms with E-state index >= 15 is 0 Å². The van der Waals surface area contributed by atoms with Crippen molar-refractivity contribution >= 4 is 23.8 Å². The van der Waals surface area contributed by atoms with E-state index in [2.05, 4.69) is 29.0 Å². The predicted octanol–water partition coefficient (Wildman–Crippen LogP) is -3.09. The summed E-state index contributed by atoms with van der Waals surface area (Å²) in [4.78, 5) is 51.6. The second kappa shape index (κ2) is 12.6. The zero-order valence-corrected chi connectivity index (χ0v) is 22.3. The summed E-state index contributed by atoms with van der Waals surface area (Å²) in [5.41, 5.74) is 0. The number of carbonyl (C=O) groups is 4. The van der Waals surface area contributed by atoms with Gasteiger partial charge in [0.2, 0.25) is 5.91 Å². The Morgan fingerprint density at radius 2 is 1.33 bits per heavy atom. The van der Waals surface area contributed by atoms with Gasteiger partial charge in [0.1, 0.15) is 0 Å². The molecule has 220 valence electrons. The topological polar surface area (TPSA) is 142 Å². The minimum atomic E-state index is -1.13. The van der Waals surface area contributed by atoms with E-state index in [0.29, 0.717) is 13.1 Å². The average molecular weight is 553 g/mol. The molecule has 2 N–H and O–H groups in total. The van der Waals surface area contributed by atoms with Crippen LogP contribution in [-0.4, -0.2) is 124 Å². The summed E-state index contributed by atoms with van der Waals surface area (Å²) in [6.07, 6.45) is 2.71. The molecule has 0 saturated carbocycles. The quantitative estimate of drug-likeness (QED) is 0.267. The minimum Gasteiger partial charge on any atom is -0.550 e. The number of nitrogens with zero attached hydrogens (tertiary/aromatic N) is 2. The van der Waals surface area contributed by atoms with Gasteiger partial charge >= 0.3 is 11.9 Å². The van der Waals surface area contributed by atoms with Gasteiger partial charge in [-0.15, -0.1) is 0 Å². The number of nitrogens with one attached hydrogen (secondary N) is 2. The molecular weight excluding hydrogens is 508 g/mol. The van der Waals surface area contributed by atoms with Crippen molar-refractivity contribution in [2.75, 3.05) is 66.5 Å². The number of carbonyl (C=O) groups excluding carboxylic acids is 4. The molecule has 1 amide bonds. The first-order chi connectivity index (χ1) is 18.2. The number of piperazine rings is 2. The lowest BCUT2D eigenvalue weighted by atomic mass is 9.78. The number of hydrogen-bond donors (Lipinski definition) is 2. The van der Waals surface area contributed by atoms with Crippen LogP contribution in [0.25, 0.3) is 0 Å². The third-order valence-electron chi connectivity index (χ3n) is 9.12.